The van der Waals surface area contributed by atoms with E-state index in [1.165, 1.54) is 58.5 Å². The Labute approximate surface area is 164 Å². The summed E-state index contributed by atoms with van der Waals surface area (Å²) in [4.78, 5) is 11.0. The van der Waals surface area contributed by atoms with Crippen molar-refractivity contribution >= 4 is 14.3 Å². The minimum absolute atomic E-state index is 0.0854. The molecule has 0 aliphatic carbocycles. The molecule has 4 heteroatoms. The molecule has 0 bridgehead atoms. The highest BCUT2D eigenvalue weighted by atomic mass is 28.4. The van der Waals surface area contributed by atoms with Gasteiger partial charge in [0, 0.05) is 12.5 Å². The highest BCUT2D eigenvalue weighted by Gasteiger charge is 2.19. The molecule has 0 aromatic rings. The van der Waals surface area contributed by atoms with Crippen LogP contribution in [0.3, 0.4) is 0 Å². The number of carbonyl (C=O) groups is 1. The standard InChI is InChI=1S/C22H44O3Si/c1-6-7-8-15-18-21(25-26(3,4)5)19-16-13-11-9-10-12-14-17-20-22(23)24-2/h13,16,21H,6-12,14-15,17-20H2,1-5H3/b16-13-/t21-/m1/s1. The molecule has 0 heterocycles. The first-order chi connectivity index (χ1) is 12.4. The second-order valence-electron chi connectivity index (χ2n) is 8.29. The van der Waals surface area contributed by atoms with Crippen molar-refractivity contribution in [3.8, 4) is 0 Å². The van der Waals surface area contributed by atoms with Crippen LogP contribution in [-0.4, -0.2) is 27.5 Å². The Kier molecular flexibility index (Phi) is 16.2. The number of ether oxygens (including phenoxy) is 1. The van der Waals surface area contributed by atoms with Crippen molar-refractivity contribution in [2.24, 2.45) is 0 Å². The lowest BCUT2D eigenvalue weighted by atomic mass is 10.1. The molecule has 0 aromatic heterocycles. The summed E-state index contributed by atoms with van der Waals surface area (Å²) >= 11 is 0. The van der Waals surface area contributed by atoms with Crippen molar-refractivity contribution in [3.05, 3.63) is 12.2 Å². The summed E-state index contributed by atoms with van der Waals surface area (Å²) in [5.74, 6) is -0.0854. The third kappa shape index (κ3) is 18.2. The Morgan fingerprint density at radius 3 is 2.23 bits per heavy atom. The monoisotopic (exact) mass is 384 g/mol. The van der Waals surface area contributed by atoms with Crippen molar-refractivity contribution in [1.82, 2.24) is 0 Å². The fraction of sp³-hybridized carbons (Fsp3) is 0.864. The van der Waals surface area contributed by atoms with Crippen LogP contribution in [0.5, 0.6) is 0 Å². The Balaban J connectivity index is 3.81. The zero-order chi connectivity index (χ0) is 19.7. The number of hydrogen-bond acceptors (Lipinski definition) is 3. The molecule has 0 rings (SSSR count). The van der Waals surface area contributed by atoms with Crippen molar-refractivity contribution in [3.63, 3.8) is 0 Å². The fourth-order valence-electron chi connectivity index (χ4n) is 3.05. The minimum atomic E-state index is -1.46. The van der Waals surface area contributed by atoms with Gasteiger partial charge < -0.3 is 9.16 Å². The fourth-order valence-corrected chi connectivity index (χ4v) is 4.27. The number of rotatable bonds is 17. The largest absolute Gasteiger partial charge is 0.469 e. The van der Waals surface area contributed by atoms with Gasteiger partial charge in [-0.15, -0.1) is 0 Å². The number of esters is 1. The highest BCUT2D eigenvalue weighted by molar-refractivity contribution is 6.69. The molecule has 26 heavy (non-hydrogen) atoms. The number of methoxy groups -OCH3 is 1. The van der Waals surface area contributed by atoms with Crippen LogP contribution in [0.1, 0.15) is 90.4 Å². The second kappa shape index (κ2) is 16.6. The van der Waals surface area contributed by atoms with Gasteiger partial charge in [0.1, 0.15) is 0 Å². The maximum atomic E-state index is 11.0. The minimum Gasteiger partial charge on any atom is -0.469 e. The first-order valence-corrected chi connectivity index (χ1v) is 14.2. The predicted octanol–water partition coefficient (Wildman–Crippen LogP) is 7.03. The van der Waals surface area contributed by atoms with Crippen LogP contribution < -0.4 is 0 Å². The topological polar surface area (TPSA) is 35.5 Å². The van der Waals surface area contributed by atoms with E-state index >= 15 is 0 Å². The van der Waals surface area contributed by atoms with E-state index < -0.39 is 8.32 Å². The van der Waals surface area contributed by atoms with Crippen molar-refractivity contribution in [2.45, 2.75) is 116 Å². The lowest BCUT2D eigenvalue weighted by Gasteiger charge is -2.25. The summed E-state index contributed by atoms with van der Waals surface area (Å²) in [6, 6.07) is 0. The Morgan fingerprint density at radius 2 is 1.58 bits per heavy atom. The molecular weight excluding hydrogens is 340 g/mol. The van der Waals surface area contributed by atoms with Gasteiger partial charge in [-0.3, -0.25) is 4.79 Å². The van der Waals surface area contributed by atoms with Crippen molar-refractivity contribution in [2.75, 3.05) is 7.11 Å². The molecule has 0 fully saturated rings. The van der Waals surface area contributed by atoms with E-state index in [4.69, 9.17) is 4.43 Å². The van der Waals surface area contributed by atoms with E-state index in [-0.39, 0.29) is 5.97 Å². The second-order valence-corrected chi connectivity index (χ2v) is 12.8. The Hall–Kier alpha value is -0.613. The van der Waals surface area contributed by atoms with Crippen LogP contribution >= 0.6 is 0 Å². The first-order valence-electron chi connectivity index (χ1n) is 10.8. The van der Waals surface area contributed by atoms with E-state index in [1.807, 2.05) is 0 Å². The van der Waals surface area contributed by atoms with Crippen LogP contribution in [0.15, 0.2) is 12.2 Å². The summed E-state index contributed by atoms with van der Waals surface area (Å²) in [6.45, 7) is 9.12. The average Bonchev–Trinajstić information content (AvgIpc) is 2.58. The van der Waals surface area contributed by atoms with Gasteiger partial charge in [-0.05, 0) is 51.7 Å². The van der Waals surface area contributed by atoms with Gasteiger partial charge in [0.25, 0.3) is 0 Å². The van der Waals surface area contributed by atoms with Gasteiger partial charge in [-0.25, -0.2) is 0 Å². The zero-order valence-corrected chi connectivity index (χ0v) is 19.1. The SMILES string of the molecule is CCCCCC[C@H](C/C=C\CCCCCCCC(=O)OC)O[Si](C)(C)C. The number of carbonyl (C=O) groups excluding carboxylic acids is 1. The van der Waals surface area contributed by atoms with Gasteiger partial charge in [0.2, 0.25) is 0 Å². The van der Waals surface area contributed by atoms with Gasteiger partial charge in [-0.2, -0.15) is 0 Å². The third-order valence-corrected chi connectivity index (χ3v) is 5.49. The normalized spacial score (nSPS) is 13.3. The summed E-state index contributed by atoms with van der Waals surface area (Å²) in [6.07, 6.45) is 20.1. The molecule has 0 aromatic carbocycles. The molecule has 0 aliphatic heterocycles. The van der Waals surface area contributed by atoms with Crippen LogP contribution in [0.25, 0.3) is 0 Å². The number of unbranched alkanes of at least 4 members (excludes halogenated alkanes) is 8. The summed E-state index contributed by atoms with van der Waals surface area (Å²) in [5, 5.41) is 0. The van der Waals surface area contributed by atoms with Gasteiger partial charge in [-0.1, -0.05) is 64.0 Å². The smallest absolute Gasteiger partial charge is 0.305 e. The van der Waals surface area contributed by atoms with E-state index in [2.05, 4.69) is 43.5 Å². The van der Waals surface area contributed by atoms with E-state index in [0.717, 1.165) is 25.7 Å². The molecule has 0 radical (unpaired) electrons. The predicted molar refractivity (Wildman–Crippen MR) is 115 cm³/mol. The zero-order valence-electron chi connectivity index (χ0n) is 18.1. The van der Waals surface area contributed by atoms with Gasteiger partial charge >= 0.3 is 5.97 Å². The molecule has 0 unspecified atom stereocenters. The van der Waals surface area contributed by atoms with Gasteiger partial charge in [0.15, 0.2) is 8.32 Å². The van der Waals surface area contributed by atoms with E-state index in [9.17, 15) is 4.79 Å². The quantitative estimate of drug-likeness (QED) is 0.117. The van der Waals surface area contributed by atoms with Crippen LogP contribution in [0.2, 0.25) is 19.6 Å². The van der Waals surface area contributed by atoms with Crippen LogP contribution in [0.4, 0.5) is 0 Å². The lowest BCUT2D eigenvalue weighted by Crippen LogP contribution is -2.31. The molecule has 0 spiro atoms. The molecule has 0 amide bonds. The summed E-state index contributed by atoms with van der Waals surface area (Å²) < 4.78 is 11.0. The number of hydrogen-bond donors (Lipinski definition) is 0. The Bertz CT molecular complexity index is 361. The number of allylic oxidation sites excluding steroid dienone is 1. The third-order valence-electron chi connectivity index (χ3n) is 4.44. The van der Waals surface area contributed by atoms with Crippen LogP contribution in [0, 0.1) is 0 Å². The maximum absolute atomic E-state index is 11.0. The first kappa shape index (κ1) is 25.4. The molecule has 3 nitrogen and oxygen atoms in total. The van der Waals surface area contributed by atoms with Crippen LogP contribution in [-0.2, 0) is 14.0 Å². The highest BCUT2D eigenvalue weighted by Crippen LogP contribution is 2.17. The average molecular weight is 385 g/mol. The summed E-state index contributed by atoms with van der Waals surface area (Å²) in [7, 11) is -0.00313. The lowest BCUT2D eigenvalue weighted by molar-refractivity contribution is -0.140. The molecule has 0 N–H and O–H groups in total. The maximum Gasteiger partial charge on any atom is 0.305 e. The molecular formula is C22H44O3Si. The van der Waals surface area contributed by atoms with Gasteiger partial charge in [0.05, 0.1) is 7.11 Å². The van der Waals surface area contributed by atoms with Crippen molar-refractivity contribution < 1.29 is 14.0 Å². The molecule has 1 atom stereocenters. The van der Waals surface area contributed by atoms with E-state index in [0.29, 0.717) is 12.5 Å². The summed E-state index contributed by atoms with van der Waals surface area (Å²) in [5.41, 5.74) is 0. The molecule has 0 saturated carbocycles. The Morgan fingerprint density at radius 1 is 0.923 bits per heavy atom. The molecule has 0 saturated heterocycles. The van der Waals surface area contributed by atoms with Crippen molar-refractivity contribution in [1.29, 1.82) is 0 Å². The molecule has 154 valence electrons. The van der Waals surface area contributed by atoms with E-state index in [1.54, 1.807) is 0 Å². The molecule has 0 aliphatic rings.